The van der Waals surface area contributed by atoms with Crippen molar-refractivity contribution in [1.82, 2.24) is 0 Å². The molecule has 1 amide bonds. The molecule has 1 N–H and O–H groups in total. The van der Waals surface area contributed by atoms with Crippen molar-refractivity contribution in [3.05, 3.63) is 72.8 Å². The second-order valence-electron chi connectivity index (χ2n) is 7.77. The van der Waals surface area contributed by atoms with Gasteiger partial charge < -0.3 is 5.32 Å². The van der Waals surface area contributed by atoms with Crippen LogP contribution in [-0.2, 0) is 4.79 Å². The third kappa shape index (κ3) is 3.32. The van der Waals surface area contributed by atoms with E-state index in [1.807, 2.05) is 0 Å². The molecule has 1 saturated heterocycles. The average Bonchev–Trinajstić information content (AvgIpc) is 3.27. The molecule has 3 heteroatoms. The molecule has 0 aromatic heterocycles. The Balaban J connectivity index is 1.91. The van der Waals surface area contributed by atoms with E-state index in [4.69, 9.17) is 0 Å². The van der Waals surface area contributed by atoms with Gasteiger partial charge in [0.05, 0.1) is 0 Å². The Morgan fingerprint density at radius 2 is 1.34 bits per heavy atom. The lowest BCUT2D eigenvalue weighted by Gasteiger charge is -2.22. The second kappa shape index (κ2) is 7.61. The van der Waals surface area contributed by atoms with E-state index in [1.54, 1.807) is 6.92 Å². The minimum absolute atomic E-state index is 0.0325. The van der Waals surface area contributed by atoms with Gasteiger partial charge in [0, 0.05) is 18.2 Å². The molecule has 144 valence electrons. The largest absolute Gasteiger partial charge is 0.326 e. The number of carbonyl (C=O) groups excluding carboxylic acids is 1. The van der Waals surface area contributed by atoms with Gasteiger partial charge in [0.25, 0.3) is 0 Å². The fourth-order valence-electron chi connectivity index (χ4n) is 4.58. The number of fused-ring (bicyclic) bond motifs is 2. The summed E-state index contributed by atoms with van der Waals surface area (Å²) < 4.78 is 0. The molecule has 1 aliphatic heterocycles. The number of anilines is 1. The molecule has 1 fully saturated rings. The first-order valence-corrected chi connectivity index (χ1v) is 12.0. The van der Waals surface area contributed by atoms with Crippen LogP contribution in [-0.4, -0.2) is 18.2 Å². The van der Waals surface area contributed by atoms with Gasteiger partial charge in [0.2, 0.25) is 5.91 Å². The molecule has 0 unspecified atom stereocenters. The minimum atomic E-state index is -0.159. The number of carbonyl (C=O) groups is 1. The highest BCUT2D eigenvalue weighted by Gasteiger charge is 2.24. The van der Waals surface area contributed by atoms with E-state index in [1.165, 1.54) is 63.1 Å². The molecule has 4 aromatic carbocycles. The Kier molecular flexibility index (Phi) is 4.81. The summed E-state index contributed by atoms with van der Waals surface area (Å²) in [5.74, 6) is -0.0325. The summed E-state index contributed by atoms with van der Waals surface area (Å²) in [4.78, 5) is 12.0. The highest BCUT2D eigenvalue weighted by molar-refractivity contribution is 7.66. The average molecular weight is 397 g/mol. The van der Waals surface area contributed by atoms with Crippen LogP contribution >= 0.6 is 7.92 Å². The smallest absolute Gasteiger partial charge is 0.221 e. The summed E-state index contributed by atoms with van der Waals surface area (Å²) in [6, 6.07) is 26.0. The van der Waals surface area contributed by atoms with Gasteiger partial charge in [-0.25, -0.2) is 0 Å². The quantitative estimate of drug-likeness (QED) is 0.392. The topological polar surface area (TPSA) is 29.1 Å². The Bertz CT molecular complexity index is 1220. The van der Waals surface area contributed by atoms with Gasteiger partial charge in [-0.15, -0.1) is 0 Å². The number of nitrogens with one attached hydrogen (secondary N) is 1. The maximum Gasteiger partial charge on any atom is 0.221 e. The monoisotopic (exact) mass is 397 g/mol. The van der Waals surface area contributed by atoms with Gasteiger partial charge in [-0.1, -0.05) is 74.7 Å². The summed E-state index contributed by atoms with van der Waals surface area (Å²) in [6.07, 6.45) is 5.26. The molecule has 0 saturated carbocycles. The first kappa shape index (κ1) is 18.3. The third-order valence-corrected chi connectivity index (χ3v) is 8.61. The predicted molar refractivity (Wildman–Crippen MR) is 127 cm³/mol. The van der Waals surface area contributed by atoms with E-state index in [9.17, 15) is 4.79 Å². The summed E-state index contributed by atoms with van der Waals surface area (Å²) in [7, 11) is -0.159. The summed E-state index contributed by atoms with van der Waals surface area (Å²) in [5.41, 5.74) is 3.39. The fourth-order valence-corrected chi connectivity index (χ4v) is 7.33. The van der Waals surface area contributed by atoms with Gasteiger partial charge in [0.1, 0.15) is 0 Å². The van der Waals surface area contributed by atoms with E-state index < -0.39 is 0 Å². The van der Waals surface area contributed by atoms with Gasteiger partial charge >= 0.3 is 0 Å². The number of amides is 1. The van der Waals surface area contributed by atoms with Crippen molar-refractivity contribution in [1.29, 1.82) is 0 Å². The van der Waals surface area contributed by atoms with Crippen LogP contribution in [0.2, 0.25) is 0 Å². The summed E-state index contributed by atoms with van der Waals surface area (Å²) in [5, 5.41) is 9.54. The molecule has 2 nitrogen and oxygen atoms in total. The van der Waals surface area contributed by atoms with Crippen molar-refractivity contribution < 1.29 is 4.79 Å². The van der Waals surface area contributed by atoms with Gasteiger partial charge in [-0.3, -0.25) is 4.79 Å². The molecule has 0 spiro atoms. The number of hydrogen-bond donors (Lipinski definition) is 1. The highest BCUT2D eigenvalue weighted by atomic mass is 31.1. The van der Waals surface area contributed by atoms with E-state index in [-0.39, 0.29) is 13.8 Å². The molecule has 4 aromatic rings. The Hall–Kier alpha value is -2.70. The standard InChI is InChI=1S/C26H24NOP/c1-18(28)27-23-14-12-19-8-2-4-10-21(19)25(23)26-22-11-5-3-9-20(22)13-15-24(26)29-16-6-7-17-29/h2-5,8-15H,6-7,16-17H2,1H3,(H,27,28). The van der Waals surface area contributed by atoms with Gasteiger partial charge in [-0.2, -0.15) is 0 Å². The zero-order valence-electron chi connectivity index (χ0n) is 16.6. The lowest BCUT2D eigenvalue weighted by atomic mass is 9.92. The Morgan fingerprint density at radius 3 is 2.00 bits per heavy atom. The molecule has 5 rings (SSSR count). The van der Waals surface area contributed by atoms with Crippen LogP contribution in [0.4, 0.5) is 5.69 Å². The zero-order valence-corrected chi connectivity index (χ0v) is 17.5. The SMILES string of the molecule is CC(=O)Nc1ccc2ccccc2c1-c1c(P2CCCC2)ccc2ccccc12. The van der Waals surface area contributed by atoms with E-state index in [2.05, 4.69) is 78.1 Å². The lowest BCUT2D eigenvalue weighted by Crippen LogP contribution is -2.11. The van der Waals surface area contributed by atoms with E-state index in [0.29, 0.717) is 0 Å². The molecule has 0 bridgehead atoms. The summed E-state index contributed by atoms with van der Waals surface area (Å²) in [6.45, 7) is 1.59. The zero-order chi connectivity index (χ0) is 19.8. The first-order chi connectivity index (χ1) is 14.2. The van der Waals surface area contributed by atoms with Gasteiger partial charge in [0.15, 0.2) is 0 Å². The number of rotatable bonds is 3. The van der Waals surface area contributed by atoms with Crippen LogP contribution in [0.25, 0.3) is 32.7 Å². The van der Waals surface area contributed by atoms with Crippen LogP contribution in [0.15, 0.2) is 72.8 Å². The lowest BCUT2D eigenvalue weighted by molar-refractivity contribution is -0.114. The van der Waals surface area contributed by atoms with Crippen LogP contribution in [0.3, 0.4) is 0 Å². The van der Waals surface area contributed by atoms with Crippen molar-refractivity contribution in [3.8, 4) is 11.1 Å². The molecule has 29 heavy (non-hydrogen) atoms. The molecule has 1 aliphatic rings. The normalized spacial score (nSPS) is 14.5. The predicted octanol–water partition coefficient (Wildman–Crippen LogP) is 6.52. The van der Waals surface area contributed by atoms with Crippen molar-refractivity contribution in [2.75, 3.05) is 17.6 Å². The van der Waals surface area contributed by atoms with Crippen LogP contribution < -0.4 is 10.6 Å². The van der Waals surface area contributed by atoms with Gasteiger partial charge in [-0.05, 0) is 63.6 Å². The molecule has 0 radical (unpaired) electrons. The molecular weight excluding hydrogens is 373 g/mol. The van der Waals surface area contributed by atoms with Crippen molar-refractivity contribution >= 4 is 46.4 Å². The third-order valence-electron chi connectivity index (χ3n) is 5.84. The summed E-state index contributed by atoms with van der Waals surface area (Å²) >= 11 is 0. The number of benzene rings is 4. The Labute approximate surface area is 172 Å². The molecule has 0 aliphatic carbocycles. The van der Waals surface area contributed by atoms with Crippen molar-refractivity contribution in [2.24, 2.45) is 0 Å². The Morgan fingerprint density at radius 1 is 0.759 bits per heavy atom. The molecule has 1 heterocycles. The highest BCUT2D eigenvalue weighted by Crippen LogP contribution is 2.48. The second-order valence-corrected chi connectivity index (χ2v) is 10.2. The van der Waals surface area contributed by atoms with Crippen molar-refractivity contribution in [2.45, 2.75) is 19.8 Å². The first-order valence-electron chi connectivity index (χ1n) is 10.3. The maximum atomic E-state index is 12.0. The molecule has 0 atom stereocenters. The van der Waals surface area contributed by atoms with Crippen LogP contribution in [0, 0.1) is 0 Å². The maximum absolute atomic E-state index is 12.0. The van der Waals surface area contributed by atoms with Crippen molar-refractivity contribution in [3.63, 3.8) is 0 Å². The number of hydrogen-bond acceptors (Lipinski definition) is 1. The van der Waals surface area contributed by atoms with E-state index in [0.717, 1.165) is 5.69 Å². The molecular formula is C26H24NOP. The van der Waals surface area contributed by atoms with Crippen LogP contribution in [0.1, 0.15) is 19.8 Å². The van der Waals surface area contributed by atoms with Crippen LogP contribution in [0.5, 0.6) is 0 Å². The minimum Gasteiger partial charge on any atom is -0.326 e. The fraction of sp³-hybridized carbons (Fsp3) is 0.192. The van der Waals surface area contributed by atoms with E-state index >= 15 is 0 Å².